The van der Waals surface area contributed by atoms with Gasteiger partial charge in [0.1, 0.15) is 0 Å². The Morgan fingerprint density at radius 3 is 2.44 bits per heavy atom. The standard InChI is InChI=1S/C13H19N3O2/c1-9-4-5-12(8-10(9)2)15-13(18)16(7-6-14)11(3)17/h4-5,8H,6-7,14H2,1-3H3,(H,15,18). The van der Waals surface area contributed by atoms with Gasteiger partial charge < -0.3 is 11.1 Å². The Labute approximate surface area is 107 Å². The van der Waals surface area contributed by atoms with E-state index in [-0.39, 0.29) is 19.0 Å². The summed E-state index contributed by atoms with van der Waals surface area (Å²) >= 11 is 0. The van der Waals surface area contributed by atoms with Gasteiger partial charge in [-0.2, -0.15) is 0 Å². The second-order valence-electron chi connectivity index (χ2n) is 4.19. The first-order valence-corrected chi connectivity index (χ1v) is 5.82. The maximum absolute atomic E-state index is 11.9. The first-order valence-electron chi connectivity index (χ1n) is 5.82. The van der Waals surface area contributed by atoms with E-state index in [2.05, 4.69) is 5.32 Å². The summed E-state index contributed by atoms with van der Waals surface area (Å²) in [6.07, 6.45) is 0. The lowest BCUT2D eigenvalue weighted by molar-refractivity contribution is -0.125. The lowest BCUT2D eigenvalue weighted by atomic mass is 10.1. The number of hydrogen-bond donors (Lipinski definition) is 2. The van der Waals surface area contributed by atoms with Crippen LogP contribution >= 0.6 is 0 Å². The molecule has 0 aliphatic rings. The Bertz CT molecular complexity index is 458. The highest BCUT2D eigenvalue weighted by Gasteiger charge is 2.16. The topological polar surface area (TPSA) is 75.4 Å². The van der Waals surface area contributed by atoms with Crippen molar-refractivity contribution in [1.82, 2.24) is 4.90 Å². The number of rotatable bonds is 3. The van der Waals surface area contributed by atoms with E-state index in [1.54, 1.807) is 6.07 Å². The molecule has 0 spiro atoms. The summed E-state index contributed by atoms with van der Waals surface area (Å²) in [5.41, 5.74) is 8.28. The molecule has 0 unspecified atom stereocenters. The van der Waals surface area contributed by atoms with Gasteiger partial charge in [0, 0.05) is 25.7 Å². The quantitative estimate of drug-likeness (QED) is 0.855. The minimum atomic E-state index is -0.448. The van der Waals surface area contributed by atoms with Crippen molar-refractivity contribution < 1.29 is 9.59 Å². The van der Waals surface area contributed by atoms with E-state index in [1.807, 2.05) is 26.0 Å². The molecule has 0 saturated carbocycles. The third kappa shape index (κ3) is 3.56. The van der Waals surface area contributed by atoms with Crippen LogP contribution in [0.2, 0.25) is 0 Å². The average molecular weight is 249 g/mol. The molecule has 98 valence electrons. The van der Waals surface area contributed by atoms with E-state index < -0.39 is 6.03 Å². The van der Waals surface area contributed by atoms with Crippen LogP contribution in [0.5, 0.6) is 0 Å². The number of urea groups is 1. The van der Waals surface area contributed by atoms with Crippen LogP contribution in [0.1, 0.15) is 18.1 Å². The molecule has 3 amide bonds. The molecular weight excluding hydrogens is 230 g/mol. The highest BCUT2D eigenvalue weighted by molar-refractivity contribution is 6.00. The molecule has 0 saturated heterocycles. The summed E-state index contributed by atoms with van der Waals surface area (Å²) in [6.45, 7) is 5.77. The van der Waals surface area contributed by atoms with Gasteiger partial charge in [0.05, 0.1) is 0 Å². The van der Waals surface area contributed by atoms with Crippen molar-refractivity contribution in [3.8, 4) is 0 Å². The van der Waals surface area contributed by atoms with E-state index in [1.165, 1.54) is 6.92 Å². The minimum Gasteiger partial charge on any atom is -0.329 e. The van der Waals surface area contributed by atoms with E-state index in [4.69, 9.17) is 5.73 Å². The first-order chi connectivity index (χ1) is 8.45. The van der Waals surface area contributed by atoms with Gasteiger partial charge in [0.25, 0.3) is 0 Å². The van der Waals surface area contributed by atoms with Crippen molar-refractivity contribution in [2.75, 3.05) is 18.4 Å². The summed E-state index contributed by atoms with van der Waals surface area (Å²) in [4.78, 5) is 24.3. The summed E-state index contributed by atoms with van der Waals surface area (Å²) in [6, 6.07) is 5.15. The van der Waals surface area contributed by atoms with Crippen LogP contribution in [0.15, 0.2) is 18.2 Å². The van der Waals surface area contributed by atoms with Gasteiger partial charge in [-0.3, -0.25) is 9.69 Å². The van der Waals surface area contributed by atoms with Gasteiger partial charge >= 0.3 is 6.03 Å². The Hall–Kier alpha value is -1.88. The zero-order valence-electron chi connectivity index (χ0n) is 11.0. The van der Waals surface area contributed by atoms with Crippen molar-refractivity contribution in [2.24, 2.45) is 5.73 Å². The number of nitrogens with one attached hydrogen (secondary N) is 1. The van der Waals surface area contributed by atoms with Crippen LogP contribution in [-0.2, 0) is 4.79 Å². The summed E-state index contributed by atoms with van der Waals surface area (Å²) in [5.74, 6) is -0.318. The van der Waals surface area contributed by atoms with Crippen molar-refractivity contribution in [1.29, 1.82) is 0 Å². The van der Waals surface area contributed by atoms with Gasteiger partial charge in [0.15, 0.2) is 0 Å². The maximum Gasteiger partial charge on any atom is 0.328 e. The number of amides is 3. The lowest BCUT2D eigenvalue weighted by Crippen LogP contribution is -2.41. The minimum absolute atomic E-state index is 0.214. The molecule has 1 aromatic carbocycles. The molecule has 0 atom stereocenters. The van der Waals surface area contributed by atoms with Crippen LogP contribution in [-0.4, -0.2) is 29.9 Å². The van der Waals surface area contributed by atoms with Crippen molar-refractivity contribution in [3.63, 3.8) is 0 Å². The van der Waals surface area contributed by atoms with Crippen LogP contribution in [0.25, 0.3) is 0 Å². The Balaban J connectivity index is 2.79. The third-order valence-corrected chi connectivity index (χ3v) is 2.74. The molecule has 5 nitrogen and oxygen atoms in total. The number of carbonyl (C=O) groups is 2. The van der Waals surface area contributed by atoms with E-state index in [0.717, 1.165) is 16.0 Å². The summed E-state index contributed by atoms with van der Waals surface area (Å²) < 4.78 is 0. The molecule has 0 fully saturated rings. The normalized spacial score (nSPS) is 10.0. The van der Waals surface area contributed by atoms with Crippen LogP contribution in [0.4, 0.5) is 10.5 Å². The molecule has 0 heterocycles. The molecule has 0 aliphatic heterocycles. The number of nitrogens with two attached hydrogens (primary N) is 1. The molecular formula is C13H19N3O2. The van der Waals surface area contributed by atoms with Crippen molar-refractivity contribution >= 4 is 17.6 Å². The zero-order chi connectivity index (χ0) is 13.7. The number of hydrogen-bond acceptors (Lipinski definition) is 3. The van der Waals surface area contributed by atoms with Gasteiger partial charge in [-0.15, -0.1) is 0 Å². The summed E-state index contributed by atoms with van der Waals surface area (Å²) in [7, 11) is 0. The first kappa shape index (κ1) is 14.2. The number of carbonyl (C=O) groups excluding carboxylic acids is 2. The Kier molecular flexibility index (Phi) is 4.85. The number of benzene rings is 1. The predicted octanol–water partition coefficient (Wildman–Crippen LogP) is 1.64. The smallest absolute Gasteiger partial charge is 0.328 e. The fourth-order valence-corrected chi connectivity index (χ4v) is 1.54. The van der Waals surface area contributed by atoms with E-state index >= 15 is 0 Å². The molecule has 5 heteroatoms. The molecule has 0 aliphatic carbocycles. The second kappa shape index (κ2) is 6.16. The van der Waals surface area contributed by atoms with Gasteiger partial charge in [0.2, 0.25) is 5.91 Å². The SMILES string of the molecule is CC(=O)N(CCN)C(=O)Nc1ccc(C)c(C)c1. The lowest BCUT2D eigenvalue weighted by Gasteiger charge is -2.19. The monoisotopic (exact) mass is 249 g/mol. The number of anilines is 1. The molecule has 1 aromatic rings. The highest BCUT2D eigenvalue weighted by atomic mass is 16.2. The van der Waals surface area contributed by atoms with Gasteiger partial charge in [-0.05, 0) is 37.1 Å². The highest BCUT2D eigenvalue weighted by Crippen LogP contribution is 2.14. The molecule has 18 heavy (non-hydrogen) atoms. The molecule has 0 bridgehead atoms. The summed E-state index contributed by atoms with van der Waals surface area (Å²) in [5, 5.41) is 2.69. The Morgan fingerprint density at radius 1 is 1.28 bits per heavy atom. The van der Waals surface area contributed by atoms with Gasteiger partial charge in [-0.1, -0.05) is 6.07 Å². The average Bonchev–Trinajstić information content (AvgIpc) is 2.30. The van der Waals surface area contributed by atoms with Crippen LogP contribution in [0.3, 0.4) is 0 Å². The fourth-order valence-electron chi connectivity index (χ4n) is 1.54. The molecule has 0 radical (unpaired) electrons. The number of nitrogens with zero attached hydrogens (tertiary/aromatic N) is 1. The molecule has 1 rings (SSSR count). The van der Waals surface area contributed by atoms with Crippen molar-refractivity contribution in [2.45, 2.75) is 20.8 Å². The number of aryl methyl sites for hydroxylation is 2. The van der Waals surface area contributed by atoms with E-state index in [0.29, 0.717) is 5.69 Å². The molecule has 0 aromatic heterocycles. The Morgan fingerprint density at radius 2 is 1.94 bits per heavy atom. The number of imide groups is 1. The van der Waals surface area contributed by atoms with Crippen molar-refractivity contribution in [3.05, 3.63) is 29.3 Å². The second-order valence-corrected chi connectivity index (χ2v) is 4.19. The van der Waals surface area contributed by atoms with Crippen LogP contribution < -0.4 is 11.1 Å². The largest absolute Gasteiger partial charge is 0.329 e. The van der Waals surface area contributed by atoms with Crippen LogP contribution in [0, 0.1) is 13.8 Å². The third-order valence-electron chi connectivity index (χ3n) is 2.74. The predicted molar refractivity (Wildman–Crippen MR) is 71.4 cm³/mol. The molecule has 3 N–H and O–H groups in total. The maximum atomic E-state index is 11.9. The van der Waals surface area contributed by atoms with E-state index in [9.17, 15) is 9.59 Å². The van der Waals surface area contributed by atoms with Gasteiger partial charge in [-0.25, -0.2) is 4.79 Å². The fraction of sp³-hybridized carbons (Fsp3) is 0.385. The zero-order valence-corrected chi connectivity index (χ0v) is 11.0.